The van der Waals surface area contributed by atoms with Crippen molar-refractivity contribution in [3.05, 3.63) is 46.1 Å². The molecule has 110 valence electrons. The van der Waals surface area contributed by atoms with Crippen molar-refractivity contribution in [2.75, 3.05) is 25.7 Å². The van der Waals surface area contributed by atoms with Crippen molar-refractivity contribution in [1.29, 1.82) is 0 Å². The van der Waals surface area contributed by atoms with E-state index in [-0.39, 0.29) is 0 Å². The highest BCUT2D eigenvalue weighted by Gasteiger charge is 2.20. The van der Waals surface area contributed by atoms with Crippen LogP contribution < -0.4 is 14.4 Å². The fourth-order valence-corrected chi connectivity index (χ4v) is 2.99. The minimum atomic E-state index is 0.778. The number of hydrogen-bond acceptors (Lipinski definition) is 4. The summed E-state index contributed by atoms with van der Waals surface area (Å²) in [7, 11) is 3.34. The molecular formula is C16H17BrN2O2. The zero-order chi connectivity index (χ0) is 14.8. The lowest BCUT2D eigenvalue weighted by Crippen LogP contribution is -2.31. The van der Waals surface area contributed by atoms with E-state index in [9.17, 15) is 0 Å². The van der Waals surface area contributed by atoms with Gasteiger partial charge in [-0.05, 0) is 57.7 Å². The van der Waals surface area contributed by atoms with E-state index in [0.717, 1.165) is 41.4 Å². The van der Waals surface area contributed by atoms with Crippen LogP contribution in [0.3, 0.4) is 0 Å². The topological polar surface area (TPSA) is 34.6 Å². The van der Waals surface area contributed by atoms with E-state index < -0.39 is 0 Å². The molecule has 21 heavy (non-hydrogen) atoms. The molecule has 1 aliphatic heterocycles. The molecule has 0 radical (unpaired) electrons. The monoisotopic (exact) mass is 348 g/mol. The second kappa shape index (κ2) is 5.93. The molecule has 5 heteroatoms. The summed E-state index contributed by atoms with van der Waals surface area (Å²) in [5.41, 5.74) is 2.58. The van der Waals surface area contributed by atoms with Gasteiger partial charge in [0.05, 0.1) is 14.2 Å². The van der Waals surface area contributed by atoms with Crippen molar-refractivity contribution in [3.63, 3.8) is 0 Å². The lowest BCUT2D eigenvalue weighted by molar-refractivity contribution is 0.353. The van der Waals surface area contributed by atoms with Gasteiger partial charge in [0.25, 0.3) is 0 Å². The number of hydrogen-bond donors (Lipinski definition) is 0. The van der Waals surface area contributed by atoms with Crippen molar-refractivity contribution in [2.45, 2.75) is 13.0 Å². The first-order valence-corrected chi connectivity index (χ1v) is 7.62. The molecule has 0 amide bonds. The van der Waals surface area contributed by atoms with Crippen molar-refractivity contribution >= 4 is 21.7 Å². The molecule has 1 aromatic carbocycles. The summed E-state index contributed by atoms with van der Waals surface area (Å²) < 4.78 is 11.6. The third-order valence-corrected chi connectivity index (χ3v) is 4.18. The van der Waals surface area contributed by atoms with Gasteiger partial charge >= 0.3 is 0 Å². The Kier molecular flexibility index (Phi) is 4.01. The van der Waals surface area contributed by atoms with Gasteiger partial charge in [0, 0.05) is 13.1 Å². The fraction of sp³-hybridized carbons (Fsp3) is 0.312. The van der Waals surface area contributed by atoms with Crippen LogP contribution in [0.2, 0.25) is 0 Å². The molecule has 0 saturated heterocycles. The van der Waals surface area contributed by atoms with Crippen molar-refractivity contribution in [3.8, 4) is 11.5 Å². The molecule has 0 fully saturated rings. The third-order valence-electron chi connectivity index (χ3n) is 3.74. The van der Waals surface area contributed by atoms with E-state index in [2.05, 4.69) is 37.9 Å². The Morgan fingerprint density at radius 3 is 2.48 bits per heavy atom. The zero-order valence-electron chi connectivity index (χ0n) is 12.1. The van der Waals surface area contributed by atoms with Crippen LogP contribution in [0.1, 0.15) is 11.1 Å². The number of anilines is 1. The molecule has 0 saturated carbocycles. The first-order chi connectivity index (χ1) is 10.2. The van der Waals surface area contributed by atoms with E-state index in [4.69, 9.17) is 9.47 Å². The summed E-state index contributed by atoms with van der Waals surface area (Å²) in [4.78, 5) is 6.81. The number of methoxy groups -OCH3 is 2. The highest BCUT2D eigenvalue weighted by molar-refractivity contribution is 9.10. The molecule has 0 bridgehead atoms. The Labute approximate surface area is 132 Å². The average molecular weight is 349 g/mol. The Hall–Kier alpha value is -1.75. The molecule has 4 nitrogen and oxygen atoms in total. The molecular weight excluding hydrogens is 332 g/mol. The van der Waals surface area contributed by atoms with Gasteiger partial charge in [-0.15, -0.1) is 0 Å². The maximum atomic E-state index is 5.40. The summed E-state index contributed by atoms with van der Waals surface area (Å²) in [6, 6.07) is 10.1. The minimum Gasteiger partial charge on any atom is -0.493 e. The second-order valence-electron chi connectivity index (χ2n) is 4.97. The van der Waals surface area contributed by atoms with E-state index in [1.54, 1.807) is 14.2 Å². The molecule has 0 unspecified atom stereocenters. The average Bonchev–Trinajstić information content (AvgIpc) is 2.53. The minimum absolute atomic E-state index is 0.778. The molecule has 0 N–H and O–H groups in total. The molecule has 3 rings (SSSR count). The van der Waals surface area contributed by atoms with E-state index in [1.807, 2.05) is 18.2 Å². The standard InChI is InChI=1S/C16H17BrN2O2/c1-20-13-8-11-6-7-19(10-12(11)9-14(13)21-2)16-5-3-4-15(17)18-16/h3-5,8-9H,6-7,10H2,1-2H3. The quantitative estimate of drug-likeness (QED) is 0.796. The lowest BCUT2D eigenvalue weighted by atomic mass is 9.99. The van der Waals surface area contributed by atoms with Crippen LogP contribution in [0, 0.1) is 0 Å². The number of benzene rings is 1. The summed E-state index contributed by atoms with van der Waals surface area (Å²) >= 11 is 3.43. The smallest absolute Gasteiger partial charge is 0.161 e. The number of fused-ring (bicyclic) bond motifs is 1. The Bertz CT molecular complexity index is 661. The first-order valence-electron chi connectivity index (χ1n) is 6.82. The maximum absolute atomic E-state index is 5.40. The van der Waals surface area contributed by atoms with Crippen molar-refractivity contribution < 1.29 is 9.47 Å². The van der Waals surface area contributed by atoms with Gasteiger partial charge in [-0.25, -0.2) is 4.98 Å². The molecule has 0 aliphatic carbocycles. The van der Waals surface area contributed by atoms with Gasteiger partial charge in [-0.3, -0.25) is 0 Å². The van der Waals surface area contributed by atoms with Crippen LogP contribution in [0.15, 0.2) is 34.9 Å². The normalized spacial score (nSPS) is 13.8. The van der Waals surface area contributed by atoms with Crippen LogP contribution in [-0.4, -0.2) is 25.7 Å². The zero-order valence-corrected chi connectivity index (χ0v) is 13.7. The van der Waals surface area contributed by atoms with Crippen LogP contribution in [0.4, 0.5) is 5.82 Å². The van der Waals surface area contributed by atoms with E-state index in [0.29, 0.717) is 0 Å². The number of aromatic nitrogens is 1. The largest absolute Gasteiger partial charge is 0.493 e. The SMILES string of the molecule is COc1cc2c(cc1OC)CN(c1cccc(Br)n1)CC2. The maximum Gasteiger partial charge on any atom is 0.161 e. The molecule has 1 aromatic heterocycles. The van der Waals surface area contributed by atoms with Crippen molar-refractivity contribution in [2.24, 2.45) is 0 Å². The molecule has 2 heterocycles. The number of halogens is 1. The summed E-state index contributed by atoms with van der Waals surface area (Å²) in [5, 5.41) is 0. The van der Waals surface area contributed by atoms with Gasteiger partial charge < -0.3 is 14.4 Å². The molecule has 1 aliphatic rings. The first kappa shape index (κ1) is 14.2. The highest BCUT2D eigenvalue weighted by atomic mass is 79.9. The predicted molar refractivity (Wildman–Crippen MR) is 86.2 cm³/mol. The van der Waals surface area contributed by atoms with Crippen molar-refractivity contribution in [1.82, 2.24) is 4.98 Å². The second-order valence-corrected chi connectivity index (χ2v) is 5.78. The number of rotatable bonds is 3. The molecule has 0 atom stereocenters. The predicted octanol–water partition coefficient (Wildman–Crippen LogP) is 3.42. The van der Waals surface area contributed by atoms with Gasteiger partial charge in [-0.1, -0.05) is 6.07 Å². The lowest BCUT2D eigenvalue weighted by Gasteiger charge is -2.30. The number of ether oxygens (including phenoxy) is 2. The van der Waals surface area contributed by atoms with Gasteiger partial charge in [0.15, 0.2) is 11.5 Å². The van der Waals surface area contributed by atoms with Gasteiger partial charge in [0.1, 0.15) is 10.4 Å². The molecule has 0 spiro atoms. The fourth-order valence-electron chi connectivity index (χ4n) is 2.65. The van der Waals surface area contributed by atoms with Crippen LogP contribution in [-0.2, 0) is 13.0 Å². The van der Waals surface area contributed by atoms with Gasteiger partial charge in [0.2, 0.25) is 0 Å². The summed E-state index contributed by atoms with van der Waals surface area (Å²) in [5.74, 6) is 2.57. The Morgan fingerprint density at radius 1 is 1.10 bits per heavy atom. The Morgan fingerprint density at radius 2 is 1.81 bits per heavy atom. The number of pyridine rings is 1. The van der Waals surface area contributed by atoms with E-state index in [1.165, 1.54) is 11.1 Å². The third kappa shape index (κ3) is 2.83. The van der Waals surface area contributed by atoms with Gasteiger partial charge in [-0.2, -0.15) is 0 Å². The molecule has 2 aromatic rings. The Balaban J connectivity index is 1.91. The summed E-state index contributed by atoms with van der Waals surface area (Å²) in [6.07, 6.45) is 0.976. The summed E-state index contributed by atoms with van der Waals surface area (Å²) in [6.45, 7) is 1.78. The van der Waals surface area contributed by atoms with Crippen LogP contribution in [0.25, 0.3) is 0 Å². The van der Waals surface area contributed by atoms with Crippen LogP contribution >= 0.6 is 15.9 Å². The highest BCUT2D eigenvalue weighted by Crippen LogP contribution is 2.34. The number of nitrogens with zero attached hydrogens (tertiary/aromatic N) is 2. The van der Waals surface area contributed by atoms with Crippen LogP contribution in [0.5, 0.6) is 11.5 Å². The van der Waals surface area contributed by atoms with E-state index >= 15 is 0 Å².